The number of rotatable bonds is 8. The van der Waals surface area contributed by atoms with Crippen LogP contribution in [0, 0.1) is 0 Å². The average Bonchev–Trinajstić information content (AvgIpc) is 3.00. The first-order valence-corrected chi connectivity index (χ1v) is 11.4. The van der Waals surface area contributed by atoms with E-state index < -0.39 is 17.9 Å². The molecule has 1 N–H and O–H groups in total. The number of nitrogens with zero attached hydrogens (tertiary/aromatic N) is 1. The first-order valence-electron chi connectivity index (χ1n) is 9.61. The van der Waals surface area contributed by atoms with Crippen molar-refractivity contribution in [1.82, 2.24) is 4.90 Å². The Bertz CT molecular complexity index is 1040. The summed E-state index contributed by atoms with van der Waals surface area (Å²) in [5, 5.41) is 2.78. The number of carbonyl (C=O) groups is 3. The summed E-state index contributed by atoms with van der Waals surface area (Å²) >= 11 is 7.78. The lowest BCUT2D eigenvalue weighted by Crippen LogP contribution is -2.35. The molecule has 31 heavy (non-hydrogen) atoms. The van der Waals surface area contributed by atoms with Crippen LogP contribution in [0.3, 0.4) is 0 Å². The molecule has 1 atom stereocenters. The minimum absolute atomic E-state index is 0.0996. The highest BCUT2D eigenvalue weighted by Gasteiger charge is 2.43. The molecule has 9 heteroatoms. The number of methoxy groups -OCH3 is 1. The van der Waals surface area contributed by atoms with Gasteiger partial charge in [0.15, 0.2) is 11.5 Å². The van der Waals surface area contributed by atoms with Gasteiger partial charge in [-0.25, -0.2) is 0 Å². The van der Waals surface area contributed by atoms with E-state index in [0.29, 0.717) is 23.9 Å². The summed E-state index contributed by atoms with van der Waals surface area (Å²) in [6.45, 7) is 3.64. The third-order valence-corrected chi connectivity index (χ3v) is 5.80. The fourth-order valence-corrected chi connectivity index (χ4v) is 4.46. The van der Waals surface area contributed by atoms with Gasteiger partial charge in [0.25, 0.3) is 11.8 Å². The minimum atomic E-state index is -0.561. The number of fused-ring (bicyclic) bond motifs is 1. The number of benzene rings is 2. The number of nitrogens with one attached hydrogen (secondary N) is 1. The molecule has 0 saturated heterocycles. The van der Waals surface area contributed by atoms with Crippen LogP contribution in [0.1, 0.15) is 46.2 Å². The smallest absolute Gasteiger partial charge is 0.264 e. The van der Waals surface area contributed by atoms with Crippen LogP contribution < -0.4 is 14.8 Å². The molecule has 1 heterocycles. The summed E-state index contributed by atoms with van der Waals surface area (Å²) < 4.78 is 11.0. The SMILES string of the molecule is CCOc1cc(C(CSC)N2C(=O)c3c(Cl)ccc(NC(C)=O)c3C2=O)ccc1OC. The second-order valence-corrected chi connectivity index (χ2v) is 8.14. The van der Waals surface area contributed by atoms with Crippen molar-refractivity contribution in [2.75, 3.05) is 31.0 Å². The quantitative estimate of drug-likeness (QED) is 0.585. The Morgan fingerprint density at radius 2 is 1.87 bits per heavy atom. The van der Waals surface area contributed by atoms with E-state index in [1.54, 1.807) is 19.2 Å². The average molecular weight is 463 g/mol. The van der Waals surface area contributed by atoms with Gasteiger partial charge in [0.2, 0.25) is 5.91 Å². The molecule has 0 aromatic heterocycles. The van der Waals surface area contributed by atoms with Gasteiger partial charge in [-0.15, -0.1) is 0 Å². The molecule has 0 aliphatic carbocycles. The standard InChI is InChI=1S/C22H23ClN2O5S/c1-5-30-18-10-13(6-9-17(18)29-3)16(11-31-4)25-21(27)19-14(23)7-8-15(24-12(2)26)20(19)22(25)28/h6-10,16H,5,11H2,1-4H3,(H,24,26). The van der Waals surface area contributed by atoms with Crippen molar-refractivity contribution in [2.24, 2.45) is 0 Å². The summed E-state index contributed by atoms with van der Waals surface area (Å²) in [7, 11) is 1.55. The fourth-order valence-electron chi connectivity index (χ4n) is 3.57. The lowest BCUT2D eigenvalue weighted by molar-refractivity contribution is -0.114. The molecule has 0 bridgehead atoms. The topological polar surface area (TPSA) is 84.9 Å². The number of carbonyl (C=O) groups excluding carboxylic acids is 3. The molecule has 0 spiro atoms. The largest absolute Gasteiger partial charge is 0.493 e. The van der Waals surface area contributed by atoms with Gasteiger partial charge in [0, 0.05) is 12.7 Å². The molecule has 1 unspecified atom stereocenters. The highest BCUT2D eigenvalue weighted by molar-refractivity contribution is 7.98. The Kier molecular flexibility index (Phi) is 7.12. The predicted octanol–water partition coefficient (Wildman–Crippen LogP) is 4.41. The van der Waals surface area contributed by atoms with Crippen LogP contribution in [-0.4, -0.2) is 48.3 Å². The lowest BCUT2D eigenvalue weighted by atomic mass is 10.1. The Balaban J connectivity index is 2.10. The molecular formula is C22H23ClN2O5S. The first-order chi connectivity index (χ1) is 14.8. The van der Waals surface area contributed by atoms with Crippen molar-refractivity contribution in [2.45, 2.75) is 19.9 Å². The molecule has 0 fully saturated rings. The third kappa shape index (κ3) is 4.36. The normalized spacial score (nSPS) is 13.8. The number of hydrogen-bond donors (Lipinski definition) is 1. The first kappa shape index (κ1) is 23.0. The van der Waals surface area contributed by atoms with Gasteiger partial charge in [0.1, 0.15) is 0 Å². The number of anilines is 1. The maximum Gasteiger partial charge on any atom is 0.264 e. The van der Waals surface area contributed by atoms with Crippen molar-refractivity contribution in [3.05, 3.63) is 52.0 Å². The second-order valence-electron chi connectivity index (χ2n) is 6.82. The number of imide groups is 1. The van der Waals surface area contributed by atoms with Crippen LogP contribution in [0.4, 0.5) is 5.69 Å². The van der Waals surface area contributed by atoms with Crippen molar-refractivity contribution in [1.29, 1.82) is 0 Å². The molecule has 164 valence electrons. The summed E-state index contributed by atoms with van der Waals surface area (Å²) in [5.41, 5.74) is 1.20. The van der Waals surface area contributed by atoms with Gasteiger partial charge in [-0.1, -0.05) is 17.7 Å². The number of hydrogen-bond acceptors (Lipinski definition) is 6. The van der Waals surface area contributed by atoms with Crippen molar-refractivity contribution in [3.8, 4) is 11.5 Å². The van der Waals surface area contributed by atoms with Gasteiger partial charge >= 0.3 is 0 Å². The van der Waals surface area contributed by atoms with E-state index in [0.717, 1.165) is 5.56 Å². The Hall–Kier alpha value is -2.71. The zero-order chi connectivity index (χ0) is 22.7. The van der Waals surface area contributed by atoms with Crippen LogP contribution in [0.5, 0.6) is 11.5 Å². The Morgan fingerprint density at radius 1 is 1.16 bits per heavy atom. The lowest BCUT2D eigenvalue weighted by Gasteiger charge is -2.27. The van der Waals surface area contributed by atoms with Crippen LogP contribution in [0.15, 0.2) is 30.3 Å². The van der Waals surface area contributed by atoms with Crippen molar-refractivity contribution < 1.29 is 23.9 Å². The molecular weight excluding hydrogens is 440 g/mol. The molecule has 2 aromatic carbocycles. The molecule has 1 aliphatic rings. The van der Waals surface area contributed by atoms with E-state index >= 15 is 0 Å². The van der Waals surface area contributed by atoms with E-state index in [-0.39, 0.29) is 27.7 Å². The Morgan fingerprint density at radius 3 is 2.48 bits per heavy atom. The predicted molar refractivity (Wildman–Crippen MR) is 122 cm³/mol. The van der Waals surface area contributed by atoms with E-state index in [1.807, 2.05) is 19.2 Å². The summed E-state index contributed by atoms with van der Waals surface area (Å²) in [5.74, 6) is 0.217. The summed E-state index contributed by atoms with van der Waals surface area (Å²) in [6, 6.07) is 7.81. The molecule has 7 nitrogen and oxygen atoms in total. The molecule has 3 amide bonds. The molecule has 0 saturated carbocycles. The van der Waals surface area contributed by atoms with Gasteiger partial charge in [0.05, 0.1) is 41.6 Å². The zero-order valence-corrected chi connectivity index (χ0v) is 19.2. The van der Waals surface area contributed by atoms with Gasteiger partial charge < -0.3 is 14.8 Å². The van der Waals surface area contributed by atoms with E-state index in [1.165, 1.54) is 35.7 Å². The molecule has 1 aliphatic heterocycles. The maximum absolute atomic E-state index is 13.4. The fraction of sp³-hybridized carbons (Fsp3) is 0.318. The number of amides is 3. The highest BCUT2D eigenvalue weighted by atomic mass is 35.5. The highest BCUT2D eigenvalue weighted by Crippen LogP contribution is 2.41. The minimum Gasteiger partial charge on any atom is -0.493 e. The number of thioether (sulfide) groups is 1. The monoisotopic (exact) mass is 462 g/mol. The molecule has 0 radical (unpaired) electrons. The van der Waals surface area contributed by atoms with Crippen LogP contribution >= 0.6 is 23.4 Å². The Labute approximate surface area is 190 Å². The van der Waals surface area contributed by atoms with Crippen LogP contribution in [-0.2, 0) is 4.79 Å². The van der Waals surface area contributed by atoms with E-state index in [4.69, 9.17) is 21.1 Å². The zero-order valence-electron chi connectivity index (χ0n) is 17.7. The second kappa shape index (κ2) is 9.62. The van der Waals surface area contributed by atoms with Gasteiger partial charge in [-0.3, -0.25) is 19.3 Å². The summed E-state index contributed by atoms with van der Waals surface area (Å²) in [4.78, 5) is 39.6. The van der Waals surface area contributed by atoms with Gasteiger partial charge in [-0.05, 0) is 43.0 Å². The number of halogens is 1. The third-order valence-electron chi connectivity index (χ3n) is 4.84. The van der Waals surface area contributed by atoms with Crippen molar-refractivity contribution in [3.63, 3.8) is 0 Å². The number of ether oxygens (including phenoxy) is 2. The maximum atomic E-state index is 13.4. The van der Waals surface area contributed by atoms with E-state index in [9.17, 15) is 14.4 Å². The molecule has 2 aromatic rings. The summed E-state index contributed by atoms with van der Waals surface area (Å²) in [6.07, 6.45) is 1.90. The molecule has 3 rings (SSSR count). The van der Waals surface area contributed by atoms with Gasteiger partial charge in [-0.2, -0.15) is 11.8 Å². The van der Waals surface area contributed by atoms with Crippen molar-refractivity contribution >= 4 is 46.8 Å². The van der Waals surface area contributed by atoms with Crippen LogP contribution in [0.25, 0.3) is 0 Å². The van der Waals surface area contributed by atoms with Crippen LogP contribution in [0.2, 0.25) is 5.02 Å². The van der Waals surface area contributed by atoms with E-state index in [2.05, 4.69) is 5.32 Å².